The van der Waals surface area contributed by atoms with Gasteiger partial charge in [-0.3, -0.25) is 4.57 Å². The van der Waals surface area contributed by atoms with Crippen molar-refractivity contribution in [2.24, 2.45) is 0 Å². The zero-order valence-electron chi connectivity index (χ0n) is 9.45. The second-order valence-corrected chi connectivity index (χ2v) is 6.49. The first-order valence-electron chi connectivity index (χ1n) is 5.42. The lowest BCUT2D eigenvalue weighted by Crippen LogP contribution is -1.94. The molecule has 96 valence electrons. The molecule has 0 aliphatic rings. The Balaban J connectivity index is 2.38. The van der Waals surface area contributed by atoms with Crippen LogP contribution in [0.1, 0.15) is 0 Å². The van der Waals surface area contributed by atoms with Crippen LogP contribution < -0.4 is 0 Å². The molecule has 0 fully saturated rings. The molecule has 0 aliphatic carbocycles. The van der Waals surface area contributed by atoms with E-state index < -0.39 is 0 Å². The highest BCUT2D eigenvalue weighted by Gasteiger charge is 2.10. The summed E-state index contributed by atoms with van der Waals surface area (Å²) >= 11 is 10.7. The van der Waals surface area contributed by atoms with Gasteiger partial charge in [-0.25, -0.2) is 4.39 Å². The van der Waals surface area contributed by atoms with Gasteiger partial charge in [-0.15, -0.1) is 0 Å². The highest BCUT2D eigenvalue weighted by atomic mass is 127. The molecule has 1 N–H and O–H groups in total. The van der Waals surface area contributed by atoms with Gasteiger partial charge in [0, 0.05) is 16.2 Å². The molecule has 2 aromatic carbocycles. The second kappa shape index (κ2) is 4.99. The molecule has 0 saturated carbocycles. The maximum Gasteiger partial charge on any atom is 0.182 e. The predicted octanol–water partition coefficient (Wildman–Crippen LogP) is 5.19. The quantitative estimate of drug-likeness (QED) is 0.401. The number of halogens is 3. The molecule has 0 atom stereocenters. The molecule has 0 aliphatic heterocycles. The van der Waals surface area contributed by atoms with Crippen LogP contribution in [-0.2, 0) is 0 Å². The summed E-state index contributed by atoms with van der Waals surface area (Å²) < 4.78 is 17.7. The Labute approximate surface area is 135 Å². The Hall–Kier alpha value is -0.730. The lowest BCUT2D eigenvalue weighted by molar-refractivity contribution is 0.622. The van der Waals surface area contributed by atoms with Crippen LogP contribution >= 0.6 is 50.7 Å². The lowest BCUT2D eigenvalue weighted by atomic mass is 10.3. The Morgan fingerprint density at radius 3 is 2.79 bits per heavy atom. The van der Waals surface area contributed by atoms with E-state index in [1.54, 1.807) is 6.07 Å². The molecular formula is C13H7BrFIN2S. The molecule has 0 unspecified atom stereocenters. The van der Waals surface area contributed by atoms with Crippen molar-refractivity contribution in [3.05, 3.63) is 55.0 Å². The molecule has 0 saturated heterocycles. The van der Waals surface area contributed by atoms with Crippen LogP contribution in [0.15, 0.2) is 40.9 Å². The summed E-state index contributed by atoms with van der Waals surface area (Å²) in [6, 6.07) is 11.0. The van der Waals surface area contributed by atoms with Gasteiger partial charge in [0.25, 0.3) is 0 Å². The maximum atomic E-state index is 13.8. The molecule has 6 heteroatoms. The van der Waals surface area contributed by atoms with Gasteiger partial charge in [-0.05, 0) is 59.1 Å². The van der Waals surface area contributed by atoms with E-state index in [-0.39, 0.29) is 5.82 Å². The number of nitrogens with zero attached hydrogens (tertiary/aromatic N) is 1. The smallest absolute Gasteiger partial charge is 0.182 e. The second-order valence-electron chi connectivity index (χ2n) is 4.03. The summed E-state index contributed by atoms with van der Waals surface area (Å²) in [5.41, 5.74) is 2.46. The number of fused-ring (bicyclic) bond motifs is 1. The molecule has 0 spiro atoms. The largest absolute Gasteiger partial charge is 0.330 e. The van der Waals surface area contributed by atoms with Crippen molar-refractivity contribution >= 4 is 61.8 Å². The number of benzene rings is 2. The standard InChI is InChI=1S/C13H7BrFIN2S/c14-7-2-1-3-8(4-7)18-12-5-9(15)10(16)6-11(12)17-13(18)19/h1-6H,(H,17,19). The fraction of sp³-hybridized carbons (Fsp3) is 0. The third-order valence-electron chi connectivity index (χ3n) is 2.79. The first kappa shape index (κ1) is 13.3. The molecule has 3 rings (SSSR count). The minimum absolute atomic E-state index is 0.245. The van der Waals surface area contributed by atoms with Crippen LogP contribution in [0, 0.1) is 14.2 Å². The van der Waals surface area contributed by atoms with Gasteiger partial charge in [0.2, 0.25) is 0 Å². The van der Waals surface area contributed by atoms with E-state index in [1.807, 2.05) is 51.4 Å². The van der Waals surface area contributed by atoms with Crippen LogP contribution in [-0.4, -0.2) is 9.55 Å². The van der Waals surface area contributed by atoms with Gasteiger partial charge in [-0.1, -0.05) is 22.0 Å². The molecule has 0 amide bonds. The van der Waals surface area contributed by atoms with E-state index in [9.17, 15) is 4.39 Å². The van der Waals surface area contributed by atoms with Crippen LogP contribution in [0.25, 0.3) is 16.7 Å². The Bertz CT molecular complexity index is 840. The van der Waals surface area contributed by atoms with Crippen LogP contribution in [0.4, 0.5) is 4.39 Å². The van der Waals surface area contributed by atoms with Crippen molar-refractivity contribution < 1.29 is 4.39 Å². The zero-order valence-corrected chi connectivity index (χ0v) is 14.0. The predicted molar refractivity (Wildman–Crippen MR) is 88.8 cm³/mol. The van der Waals surface area contributed by atoms with E-state index in [1.165, 1.54) is 6.07 Å². The number of hydrogen-bond acceptors (Lipinski definition) is 1. The highest BCUT2D eigenvalue weighted by molar-refractivity contribution is 14.1. The topological polar surface area (TPSA) is 20.7 Å². The van der Waals surface area contributed by atoms with E-state index >= 15 is 0 Å². The monoisotopic (exact) mass is 448 g/mol. The third kappa shape index (κ3) is 2.36. The van der Waals surface area contributed by atoms with Crippen LogP contribution in [0.3, 0.4) is 0 Å². The molecule has 0 bridgehead atoms. The minimum Gasteiger partial charge on any atom is -0.330 e. The summed E-state index contributed by atoms with van der Waals surface area (Å²) in [6.45, 7) is 0. The van der Waals surface area contributed by atoms with Gasteiger partial charge in [0.05, 0.1) is 14.6 Å². The van der Waals surface area contributed by atoms with Gasteiger partial charge in [-0.2, -0.15) is 0 Å². The van der Waals surface area contributed by atoms with Gasteiger partial charge < -0.3 is 4.98 Å². The minimum atomic E-state index is -0.245. The fourth-order valence-corrected chi connectivity index (χ4v) is 3.14. The normalized spacial score (nSPS) is 11.1. The lowest BCUT2D eigenvalue weighted by Gasteiger charge is -2.05. The first-order chi connectivity index (χ1) is 9.06. The van der Waals surface area contributed by atoms with Crippen molar-refractivity contribution in [1.29, 1.82) is 0 Å². The molecule has 0 radical (unpaired) electrons. The number of hydrogen-bond donors (Lipinski definition) is 1. The van der Waals surface area contributed by atoms with Crippen LogP contribution in [0.2, 0.25) is 0 Å². The van der Waals surface area contributed by atoms with Crippen molar-refractivity contribution in [1.82, 2.24) is 9.55 Å². The number of imidazole rings is 1. The number of aromatic amines is 1. The first-order valence-corrected chi connectivity index (χ1v) is 7.70. The Morgan fingerprint density at radius 1 is 1.26 bits per heavy atom. The summed E-state index contributed by atoms with van der Waals surface area (Å²) in [4.78, 5) is 3.10. The van der Waals surface area contributed by atoms with Crippen molar-refractivity contribution in [3.8, 4) is 5.69 Å². The average Bonchev–Trinajstić information content (AvgIpc) is 2.65. The summed E-state index contributed by atoms with van der Waals surface area (Å²) in [5, 5.41) is 0. The summed E-state index contributed by atoms with van der Waals surface area (Å²) in [6.07, 6.45) is 0. The molecule has 19 heavy (non-hydrogen) atoms. The van der Waals surface area contributed by atoms with Gasteiger partial charge in [0.15, 0.2) is 4.77 Å². The van der Waals surface area contributed by atoms with Crippen LogP contribution in [0.5, 0.6) is 0 Å². The number of H-pyrrole nitrogens is 1. The average molecular weight is 449 g/mol. The molecule has 3 aromatic rings. The number of aromatic nitrogens is 2. The molecule has 1 heterocycles. The molecule has 2 nitrogen and oxygen atoms in total. The fourth-order valence-electron chi connectivity index (χ4n) is 1.97. The molecule has 1 aromatic heterocycles. The zero-order chi connectivity index (χ0) is 13.6. The number of nitrogens with one attached hydrogen (secondary N) is 1. The van der Waals surface area contributed by atoms with E-state index in [0.29, 0.717) is 8.34 Å². The van der Waals surface area contributed by atoms with Crippen molar-refractivity contribution in [2.75, 3.05) is 0 Å². The van der Waals surface area contributed by atoms with Crippen molar-refractivity contribution in [3.63, 3.8) is 0 Å². The third-order valence-corrected chi connectivity index (χ3v) is 4.40. The maximum absolute atomic E-state index is 13.8. The highest BCUT2D eigenvalue weighted by Crippen LogP contribution is 2.25. The summed E-state index contributed by atoms with van der Waals surface area (Å²) in [5.74, 6) is -0.245. The van der Waals surface area contributed by atoms with E-state index in [4.69, 9.17) is 12.2 Å². The van der Waals surface area contributed by atoms with Gasteiger partial charge >= 0.3 is 0 Å². The summed E-state index contributed by atoms with van der Waals surface area (Å²) in [7, 11) is 0. The Morgan fingerprint density at radius 2 is 2.05 bits per heavy atom. The van der Waals surface area contributed by atoms with Gasteiger partial charge in [0.1, 0.15) is 5.82 Å². The Kier molecular flexibility index (Phi) is 3.48. The molecular weight excluding hydrogens is 442 g/mol. The van der Waals surface area contributed by atoms with E-state index in [0.717, 1.165) is 21.2 Å². The van der Waals surface area contributed by atoms with Crippen molar-refractivity contribution in [2.45, 2.75) is 0 Å². The van der Waals surface area contributed by atoms with E-state index in [2.05, 4.69) is 20.9 Å². The number of rotatable bonds is 1. The SMILES string of the molecule is Fc1cc2c(cc1I)[nH]c(=S)n2-c1cccc(Br)c1.